The molecule has 9 heteroatoms. The van der Waals surface area contributed by atoms with Gasteiger partial charge in [-0.25, -0.2) is 8.91 Å². The second-order valence-corrected chi connectivity index (χ2v) is 5.87. The molecule has 0 saturated heterocycles. The number of rotatable bonds is 4. The first-order valence-corrected chi connectivity index (χ1v) is 8.07. The lowest BCUT2D eigenvalue weighted by molar-refractivity contribution is 0.102. The maximum Gasteiger partial charge on any atom is 0.314 e. The monoisotopic (exact) mass is 366 g/mol. The van der Waals surface area contributed by atoms with Crippen molar-refractivity contribution in [1.29, 1.82) is 0 Å². The number of methoxy groups -OCH3 is 1. The van der Waals surface area contributed by atoms with Crippen LogP contribution in [0.2, 0.25) is 0 Å². The normalized spacial score (nSPS) is 10.9. The van der Waals surface area contributed by atoms with Gasteiger partial charge in [0.25, 0.3) is 5.91 Å². The Morgan fingerprint density at radius 2 is 2.15 bits per heavy atom. The van der Waals surface area contributed by atoms with Gasteiger partial charge in [-0.3, -0.25) is 9.78 Å². The van der Waals surface area contributed by atoms with E-state index < -0.39 is 5.82 Å². The van der Waals surface area contributed by atoms with Gasteiger partial charge in [0.15, 0.2) is 5.82 Å². The lowest BCUT2D eigenvalue weighted by Gasteiger charge is -2.10. The van der Waals surface area contributed by atoms with Crippen molar-refractivity contribution >= 4 is 17.1 Å². The summed E-state index contributed by atoms with van der Waals surface area (Å²) < 4.78 is 20.9. The van der Waals surface area contributed by atoms with Crippen LogP contribution in [-0.2, 0) is 0 Å². The van der Waals surface area contributed by atoms with Crippen molar-refractivity contribution < 1.29 is 13.9 Å². The number of pyridine rings is 1. The highest BCUT2D eigenvalue weighted by Crippen LogP contribution is 2.28. The van der Waals surface area contributed by atoms with Gasteiger partial charge >= 0.3 is 6.01 Å². The molecule has 0 atom stereocenters. The van der Waals surface area contributed by atoms with Crippen molar-refractivity contribution in [3.8, 4) is 17.4 Å². The molecular weight excluding hydrogens is 351 g/mol. The molecule has 2 N–H and O–H groups in total. The number of ether oxygens (including phenoxy) is 1. The van der Waals surface area contributed by atoms with Gasteiger partial charge in [0.2, 0.25) is 0 Å². The molecule has 0 spiro atoms. The van der Waals surface area contributed by atoms with E-state index in [4.69, 9.17) is 4.74 Å². The summed E-state index contributed by atoms with van der Waals surface area (Å²) in [4.78, 5) is 15.5. The molecule has 0 saturated carbocycles. The molecule has 3 aromatic heterocycles. The van der Waals surface area contributed by atoms with E-state index in [0.29, 0.717) is 22.3 Å². The Bertz CT molecular complexity index is 1150. The first-order chi connectivity index (χ1) is 13.1. The SMILES string of the molecule is COc1nnc(-c2cc(NC(=O)c3cnn4ccccc34)c(C)cc2F)[nH]1. The number of fused-ring (bicyclic) bond motifs is 1. The van der Waals surface area contributed by atoms with Crippen LogP contribution in [0.5, 0.6) is 6.01 Å². The van der Waals surface area contributed by atoms with E-state index >= 15 is 0 Å². The third kappa shape index (κ3) is 2.99. The minimum atomic E-state index is -0.486. The van der Waals surface area contributed by atoms with Crippen molar-refractivity contribution in [2.45, 2.75) is 6.92 Å². The van der Waals surface area contributed by atoms with Gasteiger partial charge in [0.05, 0.1) is 30.0 Å². The summed E-state index contributed by atoms with van der Waals surface area (Å²) in [5.41, 5.74) is 2.30. The van der Waals surface area contributed by atoms with Crippen LogP contribution in [0.4, 0.5) is 10.1 Å². The van der Waals surface area contributed by atoms with Crippen molar-refractivity contribution in [3.63, 3.8) is 0 Å². The summed E-state index contributed by atoms with van der Waals surface area (Å²) >= 11 is 0. The van der Waals surface area contributed by atoms with Crippen LogP contribution in [0.1, 0.15) is 15.9 Å². The van der Waals surface area contributed by atoms with E-state index in [0.717, 1.165) is 0 Å². The molecule has 0 bridgehead atoms. The first kappa shape index (κ1) is 16.7. The Hall–Kier alpha value is -3.75. The molecule has 0 aliphatic carbocycles. The zero-order valence-electron chi connectivity index (χ0n) is 14.5. The molecule has 0 fully saturated rings. The maximum atomic E-state index is 14.4. The van der Waals surface area contributed by atoms with Gasteiger partial charge < -0.3 is 10.1 Å². The molecule has 0 unspecified atom stereocenters. The van der Waals surface area contributed by atoms with Crippen LogP contribution in [0.15, 0.2) is 42.7 Å². The summed E-state index contributed by atoms with van der Waals surface area (Å²) in [5.74, 6) is -0.622. The van der Waals surface area contributed by atoms with Crippen LogP contribution in [0.3, 0.4) is 0 Å². The lowest BCUT2D eigenvalue weighted by Crippen LogP contribution is -2.13. The average molecular weight is 366 g/mol. The Balaban J connectivity index is 1.69. The molecule has 0 aliphatic heterocycles. The van der Waals surface area contributed by atoms with Crippen molar-refractivity contribution in [2.24, 2.45) is 0 Å². The van der Waals surface area contributed by atoms with Crippen LogP contribution in [0, 0.1) is 12.7 Å². The molecule has 3 heterocycles. The molecule has 4 aromatic rings. The summed E-state index contributed by atoms with van der Waals surface area (Å²) in [7, 11) is 1.43. The lowest BCUT2D eigenvalue weighted by atomic mass is 10.1. The Morgan fingerprint density at radius 1 is 1.30 bits per heavy atom. The van der Waals surface area contributed by atoms with Gasteiger partial charge in [0.1, 0.15) is 5.82 Å². The smallest absolute Gasteiger partial charge is 0.314 e. The topological polar surface area (TPSA) is 97.2 Å². The summed E-state index contributed by atoms with van der Waals surface area (Å²) in [6.45, 7) is 1.71. The fourth-order valence-corrected chi connectivity index (χ4v) is 2.75. The number of hydrogen-bond acceptors (Lipinski definition) is 5. The van der Waals surface area contributed by atoms with Crippen LogP contribution >= 0.6 is 0 Å². The minimum Gasteiger partial charge on any atom is -0.467 e. The number of nitrogens with zero attached hydrogens (tertiary/aromatic N) is 4. The number of H-pyrrole nitrogens is 1. The average Bonchev–Trinajstić information content (AvgIpc) is 3.30. The van der Waals surface area contributed by atoms with Gasteiger partial charge in [-0.1, -0.05) is 11.2 Å². The Labute approximate surface area is 153 Å². The number of aromatic nitrogens is 5. The van der Waals surface area contributed by atoms with E-state index in [9.17, 15) is 9.18 Å². The van der Waals surface area contributed by atoms with Gasteiger partial charge in [-0.2, -0.15) is 5.10 Å². The molecule has 1 aromatic carbocycles. The van der Waals surface area contributed by atoms with Gasteiger partial charge in [-0.05, 0) is 36.8 Å². The predicted octanol–water partition coefficient (Wildman–Crippen LogP) is 2.83. The highest BCUT2D eigenvalue weighted by atomic mass is 19.1. The van der Waals surface area contributed by atoms with Crippen LogP contribution in [0.25, 0.3) is 16.9 Å². The van der Waals surface area contributed by atoms with Crippen LogP contribution in [-0.4, -0.2) is 37.8 Å². The number of aromatic amines is 1. The van der Waals surface area contributed by atoms with E-state index in [1.54, 1.807) is 23.7 Å². The standard InChI is InChI=1S/C18H15FN6O2/c1-10-7-13(19)11(16-22-18(27-2)24-23-16)8-14(10)21-17(26)12-9-20-25-6-4-3-5-15(12)25/h3-9H,1-2H3,(H,21,26)(H,22,23,24). The highest BCUT2D eigenvalue weighted by Gasteiger charge is 2.17. The number of aryl methyl sites for hydroxylation is 1. The Morgan fingerprint density at radius 3 is 2.93 bits per heavy atom. The molecule has 0 radical (unpaired) electrons. The van der Waals surface area contributed by atoms with Crippen LogP contribution < -0.4 is 10.1 Å². The van der Waals surface area contributed by atoms with E-state index in [1.807, 2.05) is 12.1 Å². The van der Waals surface area contributed by atoms with Crippen molar-refractivity contribution in [3.05, 3.63) is 59.7 Å². The summed E-state index contributed by atoms with van der Waals surface area (Å²) in [6, 6.07) is 8.45. The zero-order chi connectivity index (χ0) is 19.0. The minimum absolute atomic E-state index is 0.168. The predicted molar refractivity (Wildman–Crippen MR) is 96.2 cm³/mol. The van der Waals surface area contributed by atoms with Gasteiger partial charge in [0, 0.05) is 11.9 Å². The third-order valence-corrected chi connectivity index (χ3v) is 4.15. The summed E-state index contributed by atoms with van der Waals surface area (Å²) in [5, 5.41) is 14.6. The molecular formula is C18H15FN6O2. The van der Waals surface area contributed by atoms with E-state index in [1.165, 1.54) is 25.4 Å². The van der Waals surface area contributed by atoms with Crippen molar-refractivity contribution in [2.75, 3.05) is 12.4 Å². The molecule has 8 nitrogen and oxygen atoms in total. The fourth-order valence-electron chi connectivity index (χ4n) is 2.75. The third-order valence-electron chi connectivity index (χ3n) is 4.15. The number of carbonyl (C=O) groups is 1. The molecule has 27 heavy (non-hydrogen) atoms. The highest BCUT2D eigenvalue weighted by molar-refractivity contribution is 6.09. The fraction of sp³-hybridized carbons (Fsp3) is 0.111. The van der Waals surface area contributed by atoms with Gasteiger partial charge in [-0.15, -0.1) is 5.10 Å². The molecule has 136 valence electrons. The number of halogens is 1. The second-order valence-electron chi connectivity index (χ2n) is 5.87. The number of benzene rings is 1. The summed E-state index contributed by atoms with van der Waals surface area (Å²) in [6.07, 6.45) is 3.25. The number of amides is 1. The number of anilines is 1. The number of carbonyl (C=O) groups excluding carboxylic acids is 1. The molecule has 4 rings (SSSR count). The first-order valence-electron chi connectivity index (χ1n) is 8.07. The van der Waals surface area contributed by atoms with Crippen molar-refractivity contribution in [1.82, 2.24) is 24.8 Å². The largest absolute Gasteiger partial charge is 0.467 e. The number of nitrogens with one attached hydrogen (secondary N) is 2. The zero-order valence-corrected chi connectivity index (χ0v) is 14.5. The Kier molecular flexibility index (Phi) is 4.03. The van der Waals surface area contributed by atoms with E-state index in [-0.39, 0.29) is 23.3 Å². The molecule has 0 aliphatic rings. The van der Waals surface area contributed by atoms with E-state index in [2.05, 4.69) is 25.6 Å². The number of hydrogen-bond donors (Lipinski definition) is 2. The quantitative estimate of drug-likeness (QED) is 0.579. The maximum absolute atomic E-state index is 14.4. The molecule has 1 amide bonds. The second kappa shape index (κ2) is 6.52.